The average molecular weight is 413 g/mol. The van der Waals surface area contributed by atoms with Crippen molar-refractivity contribution in [1.82, 2.24) is 20.1 Å². The molecule has 3 aliphatic rings. The van der Waals surface area contributed by atoms with Gasteiger partial charge in [0.1, 0.15) is 5.54 Å². The molecule has 0 unspecified atom stereocenters. The van der Waals surface area contributed by atoms with Crippen molar-refractivity contribution in [2.24, 2.45) is 11.8 Å². The number of amides is 4. The fourth-order valence-corrected chi connectivity index (χ4v) is 4.98. The standard InChI is InChI=1S/C23H32N4O3/c1-2-11-23(18-8-13-26(14-9-18)20(28)16-17-6-7-17)21(29)27(22(30)25-23)15-10-19-5-3-4-12-24-19/h3-5,12,17-18H,2,6-11,13-16H2,1H3,(H,25,30)/t23-/m0/s1. The zero-order valence-corrected chi connectivity index (χ0v) is 17.8. The summed E-state index contributed by atoms with van der Waals surface area (Å²) in [6, 6.07) is 5.38. The van der Waals surface area contributed by atoms with Crippen LogP contribution in [0.1, 0.15) is 57.6 Å². The number of nitrogens with zero attached hydrogens (tertiary/aromatic N) is 3. The van der Waals surface area contributed by atoms with E-state index in [-0.39, 0.29) is 23.8 Å². The maximum absolute atomic E-state index is 13.5. The molecule has 0 radical (unpaired) electrons. The van der Waals surface area contributed by atoms with Gasteiger partial charge in [0.05, 0.1) is 0 Å². The van der Waals surface area contributed by atoms with E-state index in [2.05, 4.69) is 10.3 Å². The van der Waals surface area contributed by atoms with Gasteiger partial charge in [0.15, 0.2) is 0 Å². The third kappa shape index (κ3) is 4.20. The Hall–Kier alpha value is -2.44. The van der Waals surface area contributed by atoms with E-state index in [0.29, 0.717) is 44.8 Å². The van der Waals surface area contributed by atoms with Crippen LogP contribution in [0.2, 0.25) is 0 Å². The number of likely N-dealkylation sites (tertiary alicyclic amines) is 1. The van der Waals surface area contributed by atoms with Crippen molar-refractivity contribution >= 4 is 17.8 Å². The van der Waals surface area contributed by atoms with E-state index in [1.807, 2.05) is 30.0 Å². The van der Waals surface area contributed by atoms with Gasteiger partial charge < -0.3 is 10.2 Å². The predicted octanol–water partition coefficient (Wildman–Crippen LogP) is 2.75. The highest BCUT2D eigenvalue weighted by Crippen LogP contribution is 2.38. The molecule has 1 atom stereocenters. The van der Waals surface area contributed by atoms with E-state index in [0.717, 1.165) is 25.0 Å². The summed E-state index contributed by atoms with van der Waals surface area (Å²) in [5.41, 5.74) is 0.0373. The lowest BCUT2D eigenvalue weighted by Gasteiger charge is -2.41. The average Bonchev–Trinajstić information content (AvgIpc) is 3.54. The molecule has 1 N–H and O–H groups in total. The number of urea groups is 1. The van der Waals surface area contributed by atoms with Crippen molar-refractivity contribution in [2.45, 2.75) is 63.8 Å². The fraction of sp³-hybridized carbons (Fsp3) is 0.652. The third-order valence-electron chi connectivity index (χ3n) is 6.87. The highest BCUT2D eigenvalue weighted by atomic mass is 16.2. The SMILES string of the molecule is CCC[C@@]1(C2CCN(C(=O)CC3CC3)CC2)NC(=O)N(CCc2ccccn2)C1=O. The molecule has 30 heavy (non-hydrogen) atoms. The van der Waals surface area contributed by atoms with E-state index in [9.17, 15) is 14.4 Å². The zero-order chi connectivity index (χ0) is 21.1. The fourth-order valence-electron chi connectivity index (χ4n) is 4.98. The number of hydrogen-bond donors (Lipinski definition) is 1. The molecule has 4 rings (SSSR count). The van der Waals surface area contributed by atoms with Gasteiger partial charge in [-0.25, -0.2) is 4.79 Å². The molecule has 0 bridgehead atoms. The van der Waals surface area contributed by atoms with E-state index >= 15 is 0 Å². The van der Waals surface area contributed by atoms with Crippen LogP contribution in [0.3, 0.4) is 0 Å². The number of carbonyl (C=O) groups is 3. The third-order valence-corrected chi connectivity index (χ3v) is 6.87. The molecule has 7 heteroatoms. The van der Waals surface area contributed by atoms with Gasteiger partial charge in [-0.2, -0.15) is 0 Å². The van der Waals surface area contributed by atoms with Gasteiger partial charge >= 0.3 is 6.03 Å². The van der Waals surface area contributed by atoms with Crippen LogP contribution in [0.25, 0.3) is 0 Å². The molecular weight excluding hydrogens is 380 g/mol. The van der Waals surface area contributed by atoms with Gasteiger partial charge in [-0.15, -0.1) is 0 Å². The van der Waals surface area contributed by atoms with Crippen LogP contribution < -0.4 is 5.32 Å². The molecule has 2 aliphatic heterocycles. The molecule has 162 valence electrons. The lowest BCUT2D eigenvalue weighted by atomic mass is 9.74. The number of piperidine rings is 1. The first-order chi connectivity index (χ1) is 14.5. The van der Waals surface area contributed by atoms with Crippen molar-refractivity contribution in [3.05, 3.63) is 30.1 Å². The Morgan fingerprint density at radius 3 is 2.60 bits per heavy atom. The Bertz CT molecular complexity index is 787. The van der Waals surface area contributed by atoms with E-state index < -0.39 is 5.54 Å². The second kappa shape index (κ2) is 8.74. The molecule has 7 nitrogen and oxygen atoms in total. The van der Waals surface area contributed by atoms with Crippen LogP contribution in [-0.2, 0) is 16.0 Å². The van der Waals surface area contributed by atoms with Crippen molar-refractivity contribution in [3.8, 4) is 0 Å². The van der Waals surface area contributed by atoms with Crippen molar-refractivity contribution in [1.29, 1.82) is 0 Å². The monoisotopic (exact) mass is 412 g/mol. The molecule has 1 aliphatic carbocycles. The summed E-state index contributed by atoms with van der Waals surface area (Å²) in [6.07, 6.45) is 8.28. The molecule has 3 heterocycles. The van der Waals surface area contributed by atoms with Crippen LogP contribution in [0.5, 0.6) is 0 Å². The quantitative estimate of drug-likeness (QED) is 0.666. The number of rotatable bonds is 8. The van der Waals surface area contributed by atoms with Gasteiger partial charge in [-0.05, 0) is 56.1 Å². The molecule has 4 amide bonds. The Labute approximate surface area is 178 Å². The van der Waals surface area contributed by atoms with E-state index in [1.54, 1.807) is 6.20 Å². The minimum atomic E-state index is -0.832. The molecule has 2 saturated heterocycles. The van der Waals surface area contributed by atoms with Gasteiger partial charge in [0.25, 0.3) is 5.91 Å². The predicted molar refractivity (Wildman–Crippen MR) is 112 cm³/mol. The molecular formula is C23H32N4O3. The Morgan fingerprint density at radius 2 is 1.97 bits per heavy atom. The van der Waals surface area contributed by atoms with Gasteiger partial charge in [0, 0.05) is 44.4 Å². The smallest absolute Gasteiger partial charge is 0.325 e. The Morgan fingerprint density at radius 1 is 1.20 bits per heavy atom. The molecule has 1 aromatic heterocycles. The molecule has 3 fully saturated rings. The first-order valence-corrected chi connectivity index (χ1v) is 11.4. The normalized spacial score (nSPS) is 25.0. The topological polar surface area (TPSA) is 82.6 Å². The minimum absolute atomic E-state index is 0.0683. The second-order valence-electron chi connectivity index (χ2n) is 8.98. The molecule has 0 aromatic carbocycles. The number of imide groups is 1. The first kappa shape index (κ1) is 20.8. The molecule has 1 saturated carbocycles. The van der Waals surface area contributed by atoms with Crippen LogP contribution in [0.4, 0.5) is 4.79 Å². The lowest BCUT2D eigenvalue weighted by Crippen LogP contribution is -2.56. The Balaban J connectivity index is 1.41. The number of hydrogen-bond acceptors (Lipinski definition) is 4. The summed E-state index contributed by atoms with van der Waals surface area (Å²) >= 11 is 0. The van der Waals surface area contributed by atoms with Crippen molar-refractivity contribution in [3.63, 3.8) is 0 Å². The van der Waals surface area contributed by atoms with E-state index in [4.69, 9.17) is 0 Å². The summed E-state index contributed by atoms with van der Waals surface area (Å²) in [7, 11) is 0. The van der Waals surface area contributed by atoms with Crippen LogP contribution >= 0.6 is 0 Å². The summed E-state index contributed by atoms with van der Waals surface area (Å²) in [6.45, 7) is 3.75. The lowest BCUT2D eigenvalue weighted by molar-refractivity contribution is -0.136. The van der Waals surface area contributed by atoms with E-state index in [1.165, 1.54) is 17.7 Å². The van der Waals surface area contributed by atoms with Gasteiger partial charge in [-0.1, -0.05) is 19.4 Å². The Kier molecular flexibility index (Phi) is 6.06. The first-order valence-electron chi connectivity index (χ1n) is 11.4. The minimum Gasteiger partial charge on any atom is -0.343 e. The van der Waals surface area contributed by atoms with Crippen LogP contribution in [0.15, 0.2) is 24.4 Å². The van der Waals surface area contributed by atoms with Crippen LogP contribution in [0, 0.1) is 11.8 Å². The number of pyridine rings is 1. The van der Waals surface area contributed by atoms with Crippen molar-refractivity contribution in [2.75, 3.05) is 19.6 Å². The maximum atomic E-state index is 13.5. The zero-order valence-electron chi connectivity index (χ0n) is 17.8. The summed E-state index contributed by atoms with van der Waals surface area (Å²) < 4.78 is 0. The summed E-state index contributed by atoms with van der Waals surface area (Å²) in [5.74, 6) is 0.802. The second-order valence-corrected chi connectivity index (χ2v) is 8.98. The number of carbonyl (C=O) groups excluding carboxylic acids is 3. The summed E-state index contributed by atoms with van der Waals surface area (Å²) in [5, 5.41) is 3.07. The highest BCUT2D eigenvalue weighted by Gasteiger charge is 2.55. The maximum Gasteiger partial charge on any atom is 0.325 e. The number of aromatic nitrogens is 1. The molecule has 1 aromatic rings. The highest BCUT2D eigenvalue weighted by molar-refractivity contribution is 6.07. The van der Waals surface area contributed by atoms with Crippen molar-refractivity contribution < 1.29 is 14.4 Å². The summed E-state index contributed by atoms with van der Waals surface area (Å²) in [4.78, 5) is 46.3. The molecule has 0 spiro atoms. The van der Waals surface area contributed by atoms with Gasteiger partial charge in [-0.3, -0.25) is 19.5 Å². The van der Waals surface area contributed by atoms with Crippen LogP contribution in [-0.4, -0.2) is 57.8 Å². The number of nitrogens with one attached hydrogen (secondary N) is 1. The largest absolute Gasteiger partial charge is 0.343 e. The van der Waals surface area contributed by atoms with Gasteiger partial charge in [0.2, 0.25) is 5.91 Å².